The molecule has 0 spiro atoms. The van der Waals surface area contributed by atoms with Gasteiger partial charge in [0.1, 0.15) is 0 Å². The maximum absolute atomic E-state index is 5.42. The minimum Gasteiger partial charge on any atom is -0.378 e. The molecule has 1 heterocycles. The van der Waals surface area contributed by atoms with Gasteiger partial charge in [-0.05, 0) is 24.7 Å². The first-order valence-electron chi connectivity index (χ1n) is 3.48. The van der Waals surface area contributed by atoms with Crippen molar-refractivity contribution in [2.45, 2.75) is 25.9 Å². The number of hydrogen-bond donors (Lipinski definition) is 0. The van der Waals surface area contributed by atoms with E-state index < -0.39 is 0 Å². The van der Waals surface area contributed by atoms with Crippen LogP contribution in [0.15, 0.2) is 0 Å². The summed E-state index contributed by atoms with van der Waals surface area (Å²) in [4.78, 5) is 0. The van der Waals surface area contributed by atoms with Crippen LogP contribution in [0.1, 0.15) is 19.8 Å². The molecular formula is C7H12O. The molecule has 2 aliphatic rings. The molecule has 0 amide bonds. The minimum atomic E-state index is 0.648. The Morgan fingerprint density at radius 2 is 2.25 bits per heavy atom. The van der Waals surface area contributed by atoms with Crippen LogP contribution in [0, 0.1) is 11.8 Å². The first-order chi connectivity index (χ1) is 3.86. The number of hydrogen-bond acceptors (Lipinski definition) is 1. The zero-order chi connectivity index (χ0) is 5.56. The van der Waals surface area contributed by atoms with E-state index >= 15 is 0 Å². The van der Waals surface area contributed by atoms with Gasteiger partial charge < -0.3 is 4.74 Å². The number of fused-ring (bicyclic) bond motifs is 2. The van der Waals surface area contributed by atoms with Gasteiger partial charge >= 0.3 is 0 Å². The first-order valence-corrected chi connectivity index (χ1v) is 3.48. The second-order valence-electron chi connectivity index (χ2n) is 3.16. The van der Waals surface area contributed by atoms with Crippen molar-refractivity contribution in [3.05, 3.63) is 0 Å². The van der Waals surface area contributed by atoms with Gasteiger partial charge in [-0.15, -0.1) is 0 Å². The monoisotopic (exact) mass is 112 g/mol. The SMILES string of the molecule is CC1CC2CC1CO2. The van der Waals surface area contributed by atoms with E-state index in [1.807, 2.05) is 0 Å². The van der Waals surface area contributed by atoms with Crippen molar-refractivity contribution < 1.29 is 4.74 Å². The quantitative estimate of drug-likeness (QED) is 0.460. The molecule has 46 valence electrons. The van der Waals surface area contributed by atoms with Crippen molar-refractivity contribution >= 4 is 0 Å². The average molecular weight is 112 g/mol. The summed E-state index contributed by atoms with van der Waals surface area (Å²) in [5, 5.41) is 0. The van der Waals surface area contributed by atoms with Crippen molar-refractivity contribution in [3.8, 4) is 0 Å². The molecule has 0 aromatic rings. The van der Waals surface area contributed by atoms with Gasteiger partial charge in [-0.3, -0.25) is 0 Å². The summed E-state index contributed by atoms with van der Waals surface area (Å²) >= 11 is 0. The Hall–Kier alpha value is -0.0400. The summed E-state index contributed by atoms with van der Waals surface area (Å²) in [7, 11) is 0. The van der Waals surface area contributed by atoms with Crippen LogP contribution in [0.5, 0.6) is 0 Å². The summed E-state index contributed by atoms with van der Waals surface area (Å²) in [6, 6.07) is 0. The van der Waals surface area contributed by atoms with E-state index in [9.17, 15) is 0 Å². The molecule has 1 saturated carbocycles. The van der Waals surface area contributed by atoms with Crippen LogP contribution >= 0.6 is 0 Å². The van der Waals surface area contributed by atoms with Gasteiger partial charge in [-0.1, -0.05) is 6.92 Å². The fourth-order valence-corrected chi connectivity index (χ4v) is 1.90. The molecule has 2 fully saturated rings. The van der Waals surface area contributed by atoms with Gasteiger partial charge in [0, 0.05) is 0 Å². The molecule has 8 heavy (non-hydrogen) atoms. The lowest BCUT2D eigenvalue weighted by Gasteiger charge is -2.16. The molecule has 3 atom stereocenters. The second-order valence-corrected chi connectivity index (χ2v) is 3.16. The third-order valence-corrected chi connectivity index (χ3v) is 2.55. The van der Waals surface area contributed by atoms with Crippen LogP contribution in [0.4, 0.5) is 0 Å². The third-order valence-electron chi connectivity index (χ3n) is 2.55. The van der Waals surface area contributed by atoms with Gasteiger partial charge in [0.2, 0.25) is 0 Å². The van der Waals surface area contributed by atoms with Crippen molar-refractivity contribution in [3.63, 3.8) is 0 Å². The normalized spacial score (nSPS) is 52.9. The van der Waals surface area contributed by atoms with Crippen LogP contribution in [-0.2, 0) is 4.74 Å². The minimum absolute atomic E-state index is 0.648. The van der Waals surface area contributed by atoms with E-state index in [1.54, 1.807) is 0 Å². The van der Waals surface area contributed by atoms with Crippen LogP contribution in [0.2, 0.25) is 0 Å². The van der Waals surface area contributed by atoms with Crippen LogP contribution < -0.4 is 0 Å². The van der Waals surface area contributed by atoms with E-state index in [0.29, 0.717) is 6.10 Å². The fraction of sp³-hybridized carbons (Fsp3) is 1.00. The van der Waals surface area contributed by atoms with Crippen molar-refractivity contribution in [1.29, 1.82) is 0 Å². The zero-order valence-corrected chi connectivity index (χ0v) is 5.26. The number of rotatable bonds is 0. The number of ether oxygens (including phenoxy) is 1. The van der Waals surface area contributed by atoms with Crippen molar-refractivity contribution in [2.75, 3.05) is 6.61 Å². The summed E-state index contributed by atoms with van der Waals surface area (Å²) in [5.41, 5.74) is 0. The molecule has 1 aliphatic heterocycles. The Bertz CT molecular complexity index is 98.6. The molecule has 0 N–H and O–H groups in total. The Kier molecular flexibility index (Phi) is 0.884. The highest BCUT2D eigenvalue weighted by atomic mass is 16.5. The van der Waals surface area contributed by atoms with Gasteiger partial charge in [-0.2, -0.15) is 0 Å². The predicted octanol–water partition coefficient (Wildman–Crippen LogP) is 1.43. The predicted molar refractivity (Wildman–Crippen MR) is 31.6 cm³/mol. The molecule has 0 aromatic carbocycles. The van der Waals surface area contributed by atoms with Gasteiger partial charge in [0.25, 0.3) is 0 Å². The molecule has 2 bridgehead atoms. The van der Waals surface area contributed by atoms with Gasteiger partial charge in [0.05, 0.1) is 12.7 Å². The molecule has 1 saturated heterocycles. The Morgan fingerprint density at radius 3 is 2.50 bits per heavy atom. The first kappa shape index (κ1) is 4.80. The highest BCUT2D eigenvalue weighted by Gasteiger charge is 2.37. The smallest absolute Gasteiger partial charge is 0.0581 e. The Labute approximate surface area is 50.0 Å². The summed E-state index contributed by atoms with van der Waals surface area (Å²) in [5.74, 6) is 1.87. The average Bonchev–Trinajstić information content (AvgIpc) is 2.23. The largest absolute Gasteiger partial charge is 0.378 e. The molecule has 1 nitrogen and oxygen atoms in total. The lowest BCUT2D eigenvalue weighted by atomic mass is 9.99. The van der Waals surface area contributed by atoms with E-state index in [4.69, 9.17) is 4.74 Å². The summed E-state index contributed by atoms with van der Waals surface area (Å²) < 4.78 is 5.42. The molecule has 0 aromatic heterocycles. The standard InChI is InChI=1S/C7H12O/c1-5-2-7-3-6(5)4-8-7/h5-7H,2-4H2,1H3. The van der Waals surface area contributed by atoms with E-state index in [2.05, 4.69) is 6.92 Å². The zero-order valence-electron chi connectivity index (χ0n) is 5.26. The highest BCUT2D eigenvalue weighted by molar-refractivity contribution is 4.86. The van der Waals surface area contributed by atoms with Crippen molar-refractivity contribution in [2.24, 2.45) is 11.8 Å². The molecule has 1 aliphatic carbocycles. The topological polar surface area (TPSA) is 9.23 Å². The summed E-state index contributed by atoms with van der Waals surface area (Å²) in [6.45, 7) is 3.39. The maximum Gasteiger partial charge on any atom is 0.0581 e. The Morgan fingerprint density at radius 1 is 1.38 bits per heavy atom. The lowest BCUT2D eigenvalue weighted by molar-refractivity contribution is 0.0568. The highest BCUT2D eigenvalue weighted by Crippen LogP contribution is 2.39. The van der Waals surface area contributed by atoms with Crippen molar-refractivity contribution in [1.82, 2.24) is 0 Å². The molecule has 1 heteroatoms. The van der Waals surface area contributed by atoms with Crippen LogP contribution in [0.25, 0.3) is 0 Å². The lowest BCUT2D eigenvalue weighted by Crippen LogP contribution is -2.14. The third kappa shape index (κ3) is 0.510. The molecular weight excluding hydrogens is 100 g/mol. The fourth-order valence-electron chi connectivity index (χ4n) is 1.90. The van der Waals surface area contributed by atoms with Gasteiger partial charge in [0.15, 0.2) is 0 Å². The molecule has 3 unspecified atom stereocenters. The molecule has 0 radical (unpaired) electrons. The van der Waals surface area contributed by atoms with E-state index in [-0.39, 0.29) is 0 Å². The summed E-state index contributed by atoms with van der Waals surface area (Å²) in [6.07, 6.45) is 3.32. The van der Waals surface area contributed by atoms with E-state index in [1.165, 1.54) is 12.8 Å². The second kappa shape index (κ2) is 1.47. The maximum atomic E-state index is 5.42. The Balaban J connectivity index is 2.11. The van der Waals surface area contributed by atoms with Crippen LogP contribution in [-0.4, -0.2) is 12.7 Å². The molecule has 2 rings (SSSR count). The van der Waals surface area contributed by atoms with E-state index in [0.717, 1.165) is 18.4 Å². The van der Waals surface area contributed by atoms with Gasteiger partial charge in [-0.25, -0.2) is 0 Å². The van der Waals surface area contributed by atoms with Crippen LogP contribution in [0.3, 0.4) is 0 Å².